The van der Waals surface area contributed by atoms with Crippen LogP contribution < -0.4 is 0 Å². The lowest BCUT2D eigenvalue weighted by Crippen LogP contribution is -2.12. The molecule has 0 N–H and O–H groups in total. The quantitative estimate of drug-likeness (QED) is 0.685. The molecule has 0 heterocycles. The fourth-order valence-corrected chi connectivity index (χ4v) is 2.27. The Balaban J connectivity index is 2.24. The van der Waals surface area contributed by atoms with Gasteiger partial charge in [0, 0.05) is 5.56 Å². The zero-order valence-corrected chi connectivity index (χ0v) is 11.5. The van der Waals surface area contributed by atoms with Gasteiger partial charge in [0.25, 0.3) is 6.43 Å². The summed E-state index contributed by atoms with van der Waals surface area (Å²) in [6, 6.07) is 5.46. The molecule has 0 bridgehead atoms. The molecule has 0 spiro atoms. The molecule has 1 saturated carbocycles. The van der Waals surface area contributed by atoms with Crippen LogP contribution in [0.3, 0.4) is 0 Å². The minimum Gasteiger partial charge on any atom is -0.205 e. The van der Waals surface area contributed by atoms with Crippen molar-refractivity contribution in [2.45, 2.75) is 58.3 Å². The van der Waals surface area contributed by atoms with Crippen LogP contribution in [0.4, 0.5) is 8.78 Å². The molecule has 2 rings (SSSR count). The van der Waals surface area contributed by atoms with Gasteiger partial charge in [-0.15, -0.1) is 0 Å². The van der Waals surface area contributed by atoms with Crippen LogP contribution in [-0.2, 0) is 11.8 Å². The molecule has 0 radical (unpaired) electrons. The van der Waals surface area contributed by atoms with Crippen LogP contribution in [0.25, 0.3) is 0 Å². The van der Waals surface area contributed by atoms with Crippen LogP contribution in [0.2, 0.25) is 0 Å². The molecule has 0 unspecified atom stereocenters. The topological polar surface area (TPSA) is 0 Å². The van der Waals surface area contributed by atoms with Crippen molar-refractivity contribution in [2.75, 3.05) is 0 Å². The van der Waals surface area contributed by atoms with Gasteiger partial charge >= 0.3 is 0 Å². The molecule has 0 saturated heterocycles. The lowest BCUT2D eigenvalue weighted by atomic mass is 9.84. The summed E-state index contributed by atoms with van der Waals surface area (Å²) in [6.07, 6.45) is 2.07. The number of benzene rings is 1. The third kappa shape index (κ3) is 3.30. The van der Waals surface area contributed by atoms with E-state index in [-0.39, 0.29) is 11.0 Å². The molecule has 0 aromatic heterocycles. The average molecular weight is 252 g/mol. The van der Waals surface area contributed by atoms with Crippen molar-refractivity contribution >= 4 is 0 Å². The van der Waals surface area contributed by atoms with Crippen LogP contribution in [0.1, 0.15) is 63.1 Å². The van der Waals surface area contributed by atoms with Crippen molar-refractivity contribution in [1.29, 1.82) is 0 Å². The molecule has 0 aliphatic heterocycles. The first-order valence-corrected chi connectivity index (χ1v) is 6.79. The minimum atomic E-state index is -2.35. The summed E-state index contributed by atoms with van der Waals surface area (Å²) in [7, 11) is 0. The van der Waals surface area contributed by atoms with E-state index in [4.69, 9.17) is 0 Å². The normalized spacial score (nSPS) is 16.3. The van der Waals surface area contributed by atoms with Gasteiger partial charge in [0.05, 0.1) is 0 Å². The molecule has 100 valence electrons. The second kappa shape index (κ2) is 4.99. The molecule has 1 aromatic carbocycles. The summed E-state index contributed by atoms with van der Waals surface area (Å²) < 4.78 is 26.0. The van der Waals surface area contributed by atoms with Crippen LogP contribution in [0.5, 0.6) is 0 Å². The SMILES string of the molecule is CC(C)(C)c1ccc(C(F)F)c(CCC2CC2)c1. The van der Waals surface area contributed by atoms with Gasteiger partial charge in [-0.3, -0.25) is 0 Å². The predicted octanol–water partition coefficient (Wildman–Crippen LogP) is 5.26. The van der Waals surface area contributed by atoms with Crippen molar-refractivity contribution in [3.8, 4) is 0 Å². The maximum Gasteiger partial charge on any atom is 0.264 e. The van der Waals surface area contributed by atoms with E-state index in [0.29, 0.717) is 0 Å². The summed E-state index contributed by atoms with van der Waals surface area (Å²) in [5, 5.41) is 0. The van der Waals surface area contributed by atoms with Crippen molar-refractivity contribution in [2.24, 2.45) is 5.92 Å². The number of hydrogen-bond donors (Lipinski definition) is 0. The Morgan fingerprint density at radius 1 is 1.22 bits per heavy atom. The smallest absolute Gasteiger partial charge is 0.205 e. The second-order valence-corrected chi connectivity index (χ2v) is 6.45. The van der Waals surface area contributed by atoms with Crippen LogP contribution >= 0.6 is 0 Å². The van der Waals surface area contributed by atoms with E-state index in [1.54, 1.807) is 6.07 Å². The monoisotopic (exact) mass is 252 g/mol. The third-order valence-electron chi connectivity index (χ3n) is 3.76. The van der Waals surface area contributed by atoms with Gasteiger partial charge in [0.1, 0.15) is 0 Å². The van der Waals surface area contributed by atoms with Gasteiger partial charge < -0.3 is 0 Å². The Bertz CT molecular complexity index is 412. The number of aryl methyl sites for hydroxylation is 1. The molecule has 0 nitrogen and oxygen atoms in total. The lowest BCUT2D eigenvalue weighted by Gasteiger charge is -2.21. The average Bonchev–Trinajstić information content (AvgIpc) is 3.08. The zero-order valence-electron chi connectivity index (χ0n) is 11.5. The van der Waals surface area contributed by atoms with Gasteiger partial charge in [0.15, 0.2) is 0 Å². The van der Waals surface area contributed by atoms with E-state index in [1.807, 2.05) is 12.1 Å². The van der Waals surface area contributed by atoms with E-state index >= 15 is 0 Å². The molecular formula is C16H22F2. The summed E-state index contributed by atoms with van der Waals surface area (Å²) in [5.74, 6) is 0.786. The van der Waals surface area contributed by atoms with E-state index in [9.17, 15) is 8.78 Å². The minimum absolute atomic E-state index is 0.0228. The number of alkyl halides is 2. The van der Waals surface area contributed by atoms with Crippen LogP contribution in [-0.4, -0.2) is 0 Å². The third-order valence-corrected chi connectivity index (χ3v) is 3.76. The van der Waals surface area contributed by atoms with E-state index in [1.165, 1.54) is 12.8 Å². The maximum absolute atomic E-state index is 13.0. The number of hydrogen-bond acceptors (Lipinski definition) is 0. The van der Waals surface area contributed by atoms with E-state index in [0.717, 1.165) is 29.9 Å². The lowest BCUT2D eigenvalue weighted by molar-refractivity contribution is 0.150. The highest BCUT2D eigenvalue weighted by Gasteiger charge is 2.23. The predicted molar refractivity (Wildman–Crippen MR) is 71.1 cm³/mol. The summed E-state index contributed by atoms with van der Waals surface area (Å²) in [4.78, 5) is 0. The number of rotatable bonds is 4. The first-order chi connectivity index (χ1) is 8.38. The fraction of sp³-hybridized carbons (Fsp3) is 0.625. The highest BCUT2D eigenvalue weighted by molar-refractivity contribution is 5.36. The zero-order chi connectivity index (χ0) is 13.3. The Labute approximate surface area is 108 Å². The van der Waals surface area contributed by atoms with Gasteiger partial charge in [-0.05, 0) is 35.3 Å². The van der Waals surface area contributed by atoms with E-state index < -0.39 is 6.43 Å². The van der Waals surface area contributed by atoms with Gasteiger partial charge in [-0.2, -0.15) is 0 Å². The van der Waals surface area contributed by atoms with Crippen molar-refractivity contribution in [1.82, 2.24) is 0 Å². The van der Waals surface area contributed by atoms with Gasteiger partial charge in [0.2, 0.25) is 0 Å². The first kappa shape index (κ1) is 13.5. The maximum atomic E-state index is 13.0. The second-order valence-electron chi connectivity index (χ2n) is 6.45. The Morgan fingerprint density at radius 2 is 1.89 bits per heavy atom. The fourth-order valence-electron chi connectivity index (χ4n) is 2.27. The molecule has 1 fully saturated rings. The van der Waals surface area contributed by atoms with E-state index in [2.05, 4.69) is 20.8 Å². The molecule has 1 aliphatic carbocycles. The van der Waals surface area contributed by atoms with Crippen LogP contribution in [0, 0.1) is 5.92 Å². The van der Waals surface area contributed by atoms with Gasteiger partial charge in [-0.1, -0.05) is 51.8 Å². The molecule has 0 atom stereocenters. The highest BCUT2D eigenvalue weighted by Crippen LogP contribution is 2.36. The molecule has 0 amide bonds. The molecule has 1 aliphatic rings. The van der Waals surface area contributed by atoms with Crippen molar-refractivity contribution < 1.29 is 8.78 Å². The standard InChI is InChI=1S/C16H22F2/c1-16(2,3)13-8-9-14(15(17)18)12(10-13)7-6-11-4-5-11/h8-11,15H,4-7H2,1-3H3. The first-order valence-electron chi connectivity index (χ1n) is 6.79. The summed E-state index contributed by atoms with van der Waals surface area (Å²) >= 11 is 0. The Morgan fingerprint density at radius 3 is 2.39 bits per heavy atom. The summed E-state index contributed by atoms with van der Waals surface area (Å²) in [6.45, 7) is 6.36. The van der Waals surface area contributed by atoms with Crippen molar-refractivity contribution in [3.63, 3.8) is 0 Å². The van der Waals surface area contributed by atoms with Crippen LogP contribution in [0.15, 0.2) is 18.2 Å². The van der Waals surface area contributed by atoms with Gasteiger partial charge in [-0.25, -0.2) is 8.78 Å². The van der Waals surface area contributed by atoms with Crippen molar-refractivity contribution in [3.05, 3.63) is 34.9 Å². The molecular weight excluding hydrogens is 230 g/mol. The Kier molecular flexibility index (Phi) is 3.74. The molecule has 1 aromatic rings. The number of halogens is 2. The highest BCUT2D eigenvalue weighted by atomic mass is 19.3. The molecule has 2 heteroatoms. The Hall–Kier alpha value is -0.920. The summed E-state index contributed by atoms with van der Waals surface area (Å²) in [5.41, 5.74) is 2.25. The largest absolute Gasteiger partial charge is 0.264 e. The molecule has 18 heavy (non-hydrogen) atoms.